The van der Waals surface area contributed by atoms with E-state index < -0.39 is 0 Å². The fraction of sp³-hybridized carbons (Fsp3) is 0.127. The number of phenolic OH excluding ortho intramolecular Hbond substituents is 1. The molecule has 0 amide bonds. The van der Waals surface area contributed by atoms with E-state index in [1.165, 1.54) is 99.1 Å². The Kier molecular flexibility index (Phi) is 8.82. The Morgan fingerprint density at radius 2 is 1.02 bits per heavy atom. The summed E-state index contributed by atoms with van der Waals surface area (Å²) < 4.78 is 0. The number of aromatic hydroxyl groups is 1. The van der Waals surface area contributed by atoms with Gasteiger partial charge in [-0.1, -0.05) is 141 Å². The maximum atomic E-state index is 10.9. The molecule has 0 bridgehead atoms. The first-order valence-corrected chi connectivity index (χ1v) is 19.9. The Hall–Kier alpha value is -6.44. The predicted octanol–water partition coefficient (Wildman–Crippen LogP) is 15.6. The fourth-order valence-electron chi connectivity index (χ4n) is 9.17. The average Bonchev–Trinajstić information content (AvgIpc) is 3.54. The Morgan fingerprint density at radius 3 is 1.68 bits per heavy atom. The van der Waals surface area contributed by atoms with Gasteiger partial charge in [-0.15, -0.1) is 0 Å². The molecule has 56 heavy (non-hydrogen) atoms. The van der Waals surface area contributed by atoms with Crippen LogP contribution in [0, 0.1) is 20.8 Å². The molecule has 272 valence electrons. The van der Waals surface area contributed by atoms with Crippen LogP contribution in [0.15, 0.2) is 151 Å². The highest BCUT2D eigenvalue weighted by Gasteiger charge is 2.31. The third kappa shape index (κ3) is 5.69. The molecule has 1 aliphatic rings. The van der Waals surface area contributed by atoms with Crippen LogP contribution in [0.2, 0.25) is 0 Å². The number of hydrogen-bond acceptors (Lipinski definition) is 1. The first kappa shape index (κ1) is 35.3. The summed E-state index contributed by atoms with van der Waals surface area (Å²) in [5.74, 6) is 0.347. The maximum Gasteiger partial charge on any atom is 0.119 e. The van der Waals surface area contributed by atoms with Crippen LogP contribution in [0.3, 0.4) is 0 Å². The van der Waals surface area contributed by atoms with Crippen LogP contribution in [-0.2, 0) is 6.42 Å². The number of benzene rings is 9. The molecular weight excluding hydrogens is 677 g/mol. The highest BCUT2D eigenvalue weighted by atomic mass is 16.3. The number of phenols is 1. The lowest BCUT2D eigenvalue weighted by atomic mass is 9.80. The van der Waals surface area contributed by atoms with Crippen LogP contribution in [-0.4, -0.2) is 5.11 Å². The Labute approximate surface area is 330 Å². The fourth-order valence-corrected chi connectivity index (χ4v) is 9.17. The van der Waals surface area contributed by atoms with Crippen molar-refractivity contribution in [1.82, 2.24) is 0 Å². The zero-order valence-corrected chi connectivity index (χ0v) is 33.1. The van der Waals surface area contributed by atoms with Gasteiger partial charge in [-0.3, -0.25) is 0 Å². The lowest BCUT2D eigenvalue weighted by molar-refractivity contribution is 0.470. The monoisotopic (exact) mass is 722 g/mol. The number of allylic oxidation sites excluding steroid dienone is 1. The molecule has 1 heteroatoms. The number of fused-ring (bicyclic) bond motifs is 6. The number of aryl methyl sites for hydroxylation is 3. The molecule has 0 unspecified atom stereocenters. The molecule has 0 fully saturated rings. The van der Waals surface area contributed by atoms with Crippen molar-refractivity contribution in [2.24, 2.45) is 0 Å². The summed E-state index contributed by atoms with van der Waals surface area (Å²) in [4.78, 5) is 0. The smallest absolute Gasteiger partial charge is 0.119 e. The first-order valence-electron chi connectivity index (χ1n) is 19.9. The molecule has 1 nitrogen and oxygen atoms in total. The van der Waals surface area contributed by atoms with Gasteiger partial charge in [-0.2, -0.15) is 0 Å². The van der Waals surface area contributed by atoms with Crippen LogP contribution >= 0.6 is 0 Å². The summed E-state index contributed by atoms with van der Waals surface area (Å²) in [7, 11) is 0. The van der Waals surface area contributed by atoms with E-state index >= 15 is 0 Å². The van der Waals surface area contributed by atoms with Gasteiger partial charge in [-0.05, 0) is 180 Å². The van der Waals surface area contributed by atoms with E-state index in [0.717, 1.165) is 21.9 Å². The van der Waals surface area contributed by atoms with Crippen molar-refractivity contribution in [3.8, 4) is 50.3 Å². The van der Waals surface area contributed by atoms with Crippen LogP contribution in [0.5, 0.6) is 5.75 Å². The molecule has 1 aliphatic carbocycles. The molecular formula is C55H46O. The molecule has 1 N–H and O–H groups in total. The minimum absolute atomic E-state index is 0.347. The van der Waals surface area contributed by atoms with E-state index in [9.17, 15) is 5.11 Å². The third-order valence-electron chi connectivity index (χ3n) is 11.7. The zero-order chi connectivity index (χ0) is 38.7. The lowest BCUT2D eigenvalue weighted by Crippen LogP contribution is -1.96. The summed E-state index contributed by atoms with van der Waals surface area (Å²) in [6.07, 6.45) is 2.95. The minimum atomic E-state index is 0.347. The molecule has 0 spiro atoms. The third-order valence-corrected chi connectivity index (χ3v) is 11.7. The van der Waals surface area contributed by atoms with Crippen LogP contribution in [0.1, 0.15) is 48.6 Å². The molecule has 9 aromatic rings. The molecule has 0 aliphatic heterocycles. The van der Waals surface area contributed by atoms with Gasteiger partial charge in [-0.25, -0.2) is 0 Å². The largest absolute Gasteiger partial charge is 0.508 e. The molecule has 0 saturated carbocycles. The van der Waals surface area contributed by atoms with E-state index in [2.05, 4.69) is 155 Å². The quantitative estimate of drug-likeness (QED) is 0.175. The Bertz CT molecular complexity index is 3070. The molecule has 0 heterocycles. The number of rotatable bonds is 5. The standard InChI is InChI=1S/C53H40O.C2H6/c1-31(25-40-27-36-14-7-8-15-37(36)30-48(40)54)24-35-21-22-38-28-46-47(29-39(38)26-35)51(43-17-10-6-13-33(43)3)52-44-19-11-18-41-34(4)20-23-45(49(41)44)53(52)50(46)42-16-9-5-12-32(42)2;1-2/h5-24,26-30,54H,25H2,1-4H3;1-2H3/b31-24-;. The summed E-state index contributed by atoms with van der Waals surface area (Å²) >= 11 is 0. The van der Waals surface area contributed by atoms with Crippen LogP contribution in [0.4, 0.5) is 0 Å². The summed E-state index contributed by atoms with van der Waals surface area (Å²) in [5, 5.41) is 20.8. The minimum Gasteiger partial charge on any atom is -0.508 e. The summed E-state index contributed by atoms with van der Waals surface area (Å²) in [6, 6.07) is 53.2. The molecule has 0 saturated heterocycles. The van der Waals surface area contributed by atoms with E-state index in [1.54, 1.807) is 0 Å². The van der Waals surface area contributed by atoms with Crippen molar-refractivity contribution in [3.05, 3.63) is 179 Å². The van der Waals surface area contributed by atoms with Gasteiger partial charge in [0.15, 0.2) is 0 Å². The van der Waals surface area contributed by atoms with Crippen molar-refractivity contribution in [3.63, 3.8) is 0 Å². The average molecular weight is 723 g/mol. The second-order valence-electron chi connectivity index (χ2n) is 15.3. The Balaban J connectivity index is 0.00000202. The number of hydrogen-bond donors (Lipinski definition) is 1. The SMILES string of the molecule is C/C(=C/c1ccc2cc3c(-c4ccccc4C)c4c(c(-c5ccccc5C)c3cc2c1)-c1cccc2c(C)ccc-4c12)Cc1cc2ccccc2cc1O.CC. The topological polar surface area (TPSA) is 20.2 Å². The van der Waals surface area contributed by atoms with Crippen LogP contribution in [0.25, 0.3) is 93.7 Å². The highest BCUT2D eigenvalue weighted by Crippen LogP contribution is 2.58. The van der Waals surface area contributed by atoms with Gasteiger partial charge < -0.3 is 5.11 Å². The molecule has 10 rings (SSSR count). The van der Waals surface area contributed by atoms with Crippen molar-refractivity contribution < 1.29 is 5.11 Å². The van der Waals surface area contributed by atoms with Gasteiger partial charge in [0.05, 0.1) is 0 Å². The maximum absolute atomic E-state index is 10.9. The van der Waals surface area contributed by atoms with E-state index in [-0.39, 0.29) is 0 Å². The normalized spacial score (nSPS) is 12.0. The van der Waals surface area contributed by atoms with Crippen LogP contribution < -0.4 is 0 Å². The molecule has 9 aromatic carbocycles. The van der Waals surface area contributed by atoms with E-state index in [4.69, 9.17) is 0 Å². The van der Waals surface area contributed by atoms with E-state index in [0.29, 0.717) is 12.2 Å². The molecule has 0 atom stereocenters. The summed E-state index contributed by atoms with van der Waals surface area (Å²) in [5.41, 5.74) is 17.7. The second-order valence-corrected chi connectivity index (χ2v) is 15.3. The lowest BCUT2D eigenvalue weighted by Gasteiger charge is -2.23. The second kappa shape index (κ2) is 14.0. The molecule has 0 aromatic heterocycles. The van der Waals surface area contributed by atoms with Crippen molar-refractivity contribution in [2.75, 3.05) is 0 Å². The Morgan fingerprint density at radius 1 is 0.464 bits per heavy atom. The van der Waals surface area contributed by atoms with Crippen molar-refractivity contribution in [2.45, 2.75) is 48.0 Å². The van der Waals surface area contributed by atoms with Crippen molar-refractivity contribution in [1.29, 1.82) is 0 Å². The van der Waals surface area contributed by atoms with Gasteiger partial charge in [0.2, 0.25) is 0 Å². The summed E-state index contributed by atoms with van der Waals surface area (Å²) in [6.45, 7) is 12.9. The van der Waals surface area contributed by atoms with E-state index in [1.807, 2.05) is 38.1 Å². The van der Waals surface area contributed by atoms with Gasteiger partial charge >= 0.3 is 0 Å². The molecule has 0 radical (unpaired) electrons. The van der Waals surface area contributed by atoms with Gasteiger partial charge in [0.25, 0.3) is 0 Å². The van der Waals surface area contributed by atoms with Crippen molar-refractivity contribution >= 4 is 49.2 Å². The zero-order valence-electron chi connectivity index (χ0n) is 33.1. The highest BCUT2D eigenvalue weighted by molar-refractivity contribution is 6.29. The predicted molar refractivity (Wildman–Crippen MR) is 243 cm³/mol. The first-order chi connectivity index (χ1) is 27.3. The van der Waals surface area contributed by atoms with Gasteiger partial charge in [0.1, 0.15) is 5.75 Å². The van der Waals surface area contributed by atoms with Gasteiger partial charge in [0, 0.05) is 0 Å².